The average molecular weight is 803 g/mol. The average Bonchev–Trinajstić information content (AvgIpc) is 3.13. The lowest BCUT2D eigenvalue weighted by molar-refractivity contribution is -0.870. The normalized spacial score (nSPS) is 13.6. The van der Waals surface area contributed by atoms with Gasteiger partial charge in [-0.1, -0.05) is 174 Å². The first-order chi connectivity index (χ1) is 26.5. The largest absolute Gasteiger partial charge is 0.472 e. The summed E-state index contributed by atoms with van der Waals surface area (Å²) in [5.41, 5.74) is 0. The Balaban J connectivity index is 4.27. The van der Waals surface area contributed by atoms with E-state index >= 15 is 0 Å². The fraction of sp³-hybridized carbons (Fsp3) is 0.911. The van der Waals surface area contributed by atoms with E-state index in [0.717, 1.165) is 32.1 Å². The number of likely N-dealkylation sites (N-methyl/N-ethyl adjacent to an activating group) is 1. The first-order valence-electron chi connectivity index (χ1n) is 22.9. The molecule has 1 unspecified atom stereocenters. The van der Waals surface area contributed by atoms with Gasteiger partial charge in [-0.05, 0) is 38.5 Å². The zero-order valence-electron chi connectivity index (χ0n) is 36.7. The summed E-state index contributed by atoms with van der Waals surface area (Å²) in [6, 6.07) is 0. The van der Waals surface area contributed by atoms with Crippen molar-refractivity contribution in [2.24, 2.45) is 0 Å². The summed E-state index contributed by atoms with van der Waals surface area (Å²) in [6.07, 6.45) is 39.7. The number of carbonyl (C=O) groups excluding carboxylic acids is 2. The molecule has 0 bridgehead atoms. The van der Waals surface area contributed by atoms with Crippen LogP contribution in [-0.2, 0) is 32.7 Å². The summed E-state index contributed by atoms with van der Waals surface area (Å²) in [5, 5.41) is 0. The SMILES string of the molecule is CCCCCCCCCC/C=C\CCCCCCCCCC(=O)OC[C@H](COP(=O)(O)OCC[N+](C)(C)C)OC(=O)CCCCCCCCCCCCCC. The van der Waals surface area contributed by atoms with Crippen molar-refractivity contribution >= 4 is 19.8 Å². The lowest BCUT2D eigenvalue weighted by Gasteiger charge is -2.24. The van der Waals surface area contributed by atoms with Crippen molar-refractivity contribution in [1.29, 1.82) is 0 Å². The molecular weight excluding hydrogens is 713 g/mol. The number of carbonyl (C=O) groups is 2. The van der Waals surface area contributed by atoms with Crippen LogP contribution in [-0.4, -0.2) is 74.9 Å². The number of phosphoric ester groups is 1. The molecule has 10 heteroatoms. The van der Waals surface area contributed by atoms with Crippen LogP contribution in [0.3, 0.4) is 0 Å². The van der Waals surface area contributed by atoms with E-state index in [1.54, 1.807) is 0 Å². The van der Waals surface area contributed by atoms with E-state index in [1.165, 1.54) is 148 Å². The monoisotopic (exact) mass is 803 g/mol. The molecule has 0 amide bonds. The molecule has 0 aliphatic heterocycles. The van der Waals surface area contributed by atoms with Crippen LogP contribution in [0.2, 0.25) is 0 Å². The first kappa shape index (κ1) is 53.8. The number of quaternary nitrogens is 1. The van der Waals surface area contributed by atoms with Crippen LogP contribution in [0.5, 0.6) is 0 Å². The molecule has 2 atom stereocenters. The van der Waals surface area contributed by atoms with E-state index in [0.29, 0.717) is 17.4 Å². The number of nitrogens with zero attached hydrogens (tertiary/aromatic N) is 1. The minimum Gasteiger partial charge on any atom is -0.462 e. The quantitative estimate of drug-likeness (QED) is 0.0214. The van der Waals surface area contributed by atoms with Gasteiger partial charge < -0.3 is 18.9 Å². The Morgan fingerprint density at radius 2 is 0.927 bits per heavy atom. The molecule has 0 aliphatic rings. The van der Waals surface area contributed by atoms with Crippen molar-refractivity contribution in [2.45, 2.75) is 219 Å². The molecule has 0 aromatic heterocycles. The summed E-state index contributed by atoms with van der Waals surface area (Å²) in [4.78, 5) is 35.3. The number of unbranched alkanes of at least 4 members (excludes halogenated alkanes) is 26. The van der Waals surface area contributed by atoms with Gasteiger partial charge in [-0.15, -0.1) is 0 Å². The third-order valence-electron chi connectivity index (χ3n) is 10.0. The molecule has 0 rings (SSSR count). The molecule has 0 saturated carbocycles. The van der Waals surface area contributed by atoms with E-state index in [2.05, 4.69) is 26.0 Å². The van der Waals surface area contributed by atoms with Gasteiger partial charge in [0.2, 0.25) is 0 Å². The molecule has 0 aromatic rings. The van der Waals surface area contributed by atoms with E-state index in [4.69, 9.17) is 18.5 Å². The maximum absolute atomic E-state index is 12.7. The molecule has 0 radical (unpaired) electrons. The van der Waals surface area contributed by atoms with Gasteiger partial charge >= 0.3 is 19.8 Å². The van der Waals surface area contributed by atoms with Gasteiger partial charge in [-0.3, -0.25) is 18.6 Å². The van der Waals surface area contributed by atoms with Crippen molar-refractivity contribution in [1.82, 2.24) is 0 Å². The second-order valence-corrected chi connectivity index (χ2v) is 18.2. The number of allylic oxidation sites excluding steroid dienone is 2. The zero-order chi connectivity index (χ0) is 40.7. The summed E-state index contributed by atoms with van der Waals surface area (Å²) >= 11 is 0. The van der Waals surface area contributed by atoms with Gasteiger partial charge in [0.05, 0.1) is 27.7 Å². The maximum Gasteiger partial charge on any atom is 0.472 e. The minimum atomic E-state index is -4.37. The number of phosphoric acid groups is 1. The second kappa shape index (κ2) is 38.3. The number of hydrogen-bond donors (Lipinski definition) is 1. The van der Waals surface area contributed by atoms with Crippen molar-refractivity contribution in [2.75, 3.05) is 47.5 Å². The van der Waals surface area contributed by atoms with Crippen LogP contribution in [0.1, 0.15) is 213 Å². The van der Waals surface area contributed by atoms with Crippen LogP contribution >= 0.6 is 7.82 Å². The number of hydrogen-bond acceptors (Lipinski definition) is 7. The molecule has 0 aromatic carbocycles. The van der Waals surface area contributed by atoms with Gasteiger partial charge in [0.25, 0.3) is 0 Å². The molecule has 0 spiro atoms. The van der Waals surface area contributed by atoms with E-state index < -0.39 is 26.5 Å². The Labute approximate surface area is 339 Å². The fourth-order valence-corrected chi connectivity index (χ4v) is 7.16. The highest BCUT2D eigenvalue weighted by molar-refractivity contribution is 7.47. The Morgan fingerprint density at radius 1 is 0.545 bits per heavy atom. The van der Waals surface area contributed by atoms with Crippen LogP contribution < -0.4 is 0 Å². The molecule has 0 aliphatic carbocycles. The van der Waals surface area contributed by atoms with Crippen LogP contribution in [0.4, 0.5) is 0 Å². The summed E-state index contributed by atoms with van der Waals surface area (Å²) in [7, 11) is 1.48. The first-order valence-corrected chi connectivity index (χ1v) is 24.4. The van der Waals surface area contributed by atoms with E-state index in [-0.39, 0.29) is 32.0 Å². The van der Waals surface area contributed by atoms with Gasteiger partial charge in [-0.25, -0.2) is 4.57 Å². The molecule has 0 fully saturated rings. The highest BCUT2D eigenvalue weighted by atomic mass is 31.2. The van der Waals surface area contributed by atoms with Crippen LogP contribution in [0, 0.1) is 0 Å². The third kappa shape index (κ3) is 42.2. The summed E-state index contributed by atoms with van der Waals surface area (Å²) in [6.45, 7) is 4.44. The summed E-state index contributed by atoms with van der Waals surface area (Å²) < 4.78 is 34.3. The third-order valence-corrected chi connectivity index (χ3v) is 11.0. The smallest absolute Gasteiger partial charge is 0.462 e. The fourth-order valence-electron chi connectivity index (χ4n) is 6.42. The molecule has 55 heavy (non-hydrogen) atoms. The predicted octanol–water partition coefficient (Wildman–Crippen LogP) is 13.0. The van der Waals surface area contributed by atoms with Crippen LogP contribution in [0.25, 0.3) is 0 Å². The Hall–Kier alpha value is -1.25. The van der Waals surface area contributed by atoms with Gasteiger partial charge in [0, 0.05) is 12.8 Å². The van der Waals surface area contributed by atoms with Crippen molar-refractivity contribution < 1.29 is 42.1 Å². The number of rotatable bonds is 42. The Morgan fingerprint density at radius 3 is 1.35 bits per heavy atom. The maximum atomic E-state index is 12.7. The highest BCUT2D eigenvalue weighted by Gasteiger charge is 2.27. The molecule has 1 N–H and O–H groups in total. The minimum absolute atomic E-state index is 0.0342. The molecule has 0 heterocycles. The van der Waals surface area contributed by atoms with Crippen molar-refractivity contribution in [3.63, 3.8) is 0 Å². The Kier molecular flexibility index (Phi) is 37.4. The van der Waals surface area contributed by atoms with Gasteiger partial charge in [0.15, 0.2) is 6.10 Å². The lowest BCUT2D eigenvalue weighted by atomic mass is 10.0. The molecule has 9 nitrogen and oxygen atoms in total. The van der Waals surface area contributed by atoms with Gasteiger partial charge in [0.1, 0.15) is 19.8 Å². The predicted molar refractivity (Wildman–Crippen MR) is 229 cm³/mol. The lowest BCUT2D eigenvalue weighted by Crippen LogP contribution is -2.37. The van der Waals surface area contributed by atoms with E-state index in [9.17, 15) is 19.0 Å². The van der Waals surface area contributed by atoms with Crippen molar-refractivity contribution in [3.8, 4) is 0 Å². The standard InChI is InChI=1S/C45H88NO8P/c1-6-8-10-12-14-16-18-20-21-22-23-24-25-26-28-29-31-33-35-37-44(47)51-41-43(42-53-55(49,50)52-40-39-46(3,4)5)54-45(48)38-36-34-32-30-27-19-17-15-13-11-9-7-2/h22-23,43H,6-21,24-42H2,1-5H3/p+1/b23-22-/t43-/m1/s1. The second-order valence-electron chi connectivity index (χ2n) is 16.8. The number of esters is 2. The van der Waals surface area contributed by atoms with Gasteiger partial charge in [-0.2, -0.15) is 0 Å². The summed E-state index contributed by atoms with van der Waals surface area (Å²) in [5.74, 6) is -0.794. The molecule has 0 saturated heterocycles. The molecule has 326 valence electrons. The van der Waals surface area contributed by atoms with Crippen LogP contribution in [0.15, 0.2) is 12.2 Å². The topological polar surface area (TPSA) is 108 Å². The zero-order valence-corrected chi connectivity index (χ0v) is 37.6. The van der Waals surface area contributed by atoms with E-state index in [1.807, 2.05) is 21.1 Å². The number of ether oxygens (including phenoxy) is 2. The highest BCUT2D eigenvalue weighted by Crippen LogP contribution is 2.43. The molecular formula is C45H89NO8P+. The van der Waals surface area contributed by atoms with Crippen molar-refractivity contribution in [3.05, 3.63) is 12.2 Å². The Bertz CT molecular complexity index is 954.